The van der Waals surface area contributed by atoms with Gasteiger partial charge in [-0.1, -0.05) is 0 Å². The molecule has 0 spiro atoms. The number of carboxylic acids is 2. The maximum Gasteiger partial charge on any atom is 0.348 e. The summed E-state index contributed by atoms with van der Waals surface area (Å²) in [6.07, 6.45) is 0. The Bertz CT molecular complexity index is 388. The third-order valence-electron chi connectivity index (χ3n) is 1.82. The van der Waals surface area contributed by atoms with E-state index in [9.17, 15) is 14.4 Å². The van der Waals surface area contributed by atoms with Crippen molar-refractivity contribution < 1.29 is 29.3 Å². The maximum atomic E-state index is 11.7. The maximum absolute atomic E-state index is 11.7. The average molecular weight is 293 g/mol. The number of aliphatic carboxylic acids is 2. The molecule has 0 aromatic rings. The molecule has 0 heterocycles. The van der Waals surface area contributed by atoms with Gasteiger partial charge in [-0.25, -0.2) is 4.79 Å². The number of rotatable bonds is 9. The van der Waals surface area contributed by atoms with E-state index < -0.39 is 36.7 Å². The van der Waals surface area contributed by atoms with Crippen molar-refractivity contribution in [3.63, 3.8) is 0 Å². The van der Waals surface area contributed by atoms with E-state index in [1.54, 1.807) is 0 Å². The fraction of sp³-hybridized carbons (Fsp3) is 0.444. The second-order valence-electron chi connectivity index (χ2n) is 3.44. The minimum absolute atomic E-state index is 0.231. The Balaban J connectivity index is 4.45. The van der Waals surface area contributed by atoms with E-state index >= 15 is 0 Å². The van der Waals surface area contributed by atoms with Crippen molar-refractivity contribution in [3.05, 3.63) is 12.5 Å². The first-order valence-electron chi connectivity index (χ1n) is 4.94. The molecule has 0 radical (unpaired) electrons. The van der Waals surface area contributed by atoms with E-state index in [1.807, 2.05) is 0 Å². The fourth-order valence-electron chi connectivity index (χ4n) is 0.839. The largest absolute Gasteiger partial charge is 0.480 e. The van der Waals surface area contributed by atoms with Gasteiger partial charge in [-0.05, 0) is 6.58 Å². The third kappa shape index (κ3) is 6.64. The summed E-state index contributed by atoms with van der Waals surface area (Å²) in [5.74, 6) is -3.97. The van der Waals surface area contributed by atoms with Crippen LogP contribution in [0.4, 0.5) is 0 Å². The van der Waals surface area contributed by atoms with Gasteiger partial charge in [0.25, 0.3) is 0 Å². The Labute approximate surface area is 114 Å². The molecule has 0 saturated carbocycles. The molecule has 10 heteroatoms. The van der Waals surface area contributed by atoms with Crippen LogP contribution in [0.15, 0.2) is 12.5 Å². The molecule has 0 aliphatic heterocycles. The number of carbonyl (C=O) groups is 3. The van der Waals surface area contributed by atoms with Crippen LogP contribution in [-0.2, 0) is 19.1 Å². The topological polar surface area (TPSA) is 151 Å². The van der Waals surface area contributed by atoms with Gasteiger partial charge in [-0.3, -0.25) is 14.9 Å². The van der Waals surface area contributed by atoms with Crippen LogP contribution >= 0.6 is 12.6 Å². The molecule has 0 saturated heterocycles. The Morgan fingerprint density at radius 3 is 2.21 bits per heavy atom. The van der Waals surface area contributed by atoms with E-state index in [1.165, 1.54) is 0 Å². The zero-order valence-electron chi connectivity index (χ0n) is 9.88. The van der Waals surface area contributed by atoms with Crippen molar-refractivity contribution in [2.24, 2.45) is 5.73 Å². The minimum atomic E-state index is -1.82. The molecule has 0 aliphatic rings. The summed E-state index contributed by atoms with van der Waals surface area (Å²) in [5, 5.41) is 21.3. The van der Waals surface area contributed by atoms with Gasteiger partial charge >= 0.3 is 17.9 Å². The zero-order valence-corrected chi connectivity index (χ0v) is 10.8. The summed E-state index contributed by atoms with van der Waals surface area (Å²) in [7, 11) is 0. The van der Waals surface area contributed by atoms with E-state index in [0.29, 0.717) is 0 Å². The van der Waals surface area contributed by atoms with E-state index in [0.717, 1.165) is 0 Å². The Hall–Kier alpha value is -1.78. The Morgan fingerprint density at radius 2 is 1.79 bits per heavy atom. The van der Waals surface area contributed by atoms with Gasteiger partial charge in [-0.15, -0.1) is 0 Å². The van der Waals surface area contributed by atoms with Gasteiger partial charge in [0.05, 0.1) is 6.54 Å². The van der Waals surface area contributed by atoms with Crippen molar-refractivity contribution in [1.82, 2.24) is 10.6 Å². The highest BCUT2D eigenvalue weighted by Crippen LogP contribution is 2.04. The van der Waals surface area contributed by atoms with Gasteiger partial charge in [0, 0.05) is 5.75 Å². The highest BCUT2D eigenvalue weighted by atomic mass is 32.1. The summed E-state index contributed by atoms with van der Waals surface area (Å²) in [4.78, 5) is 32.3. The molecule has 1 atom stereocenters. The van der Waals surface area contributed by atoms with Crippen LogP contribution < -0.4 is 16.4 Å². The van der Waals surface area contributed by atoms with Crippen LogP contribution in [0.25, 0.3) is 0 Å². The molecule has 0 fully saturated rings. The lowest BCUT2D eigenvalue weighted by Gasteiger charge is -2.26. The molecular weight excluding hydrogens is 278 g/mol. The smallest absolute Gasteiger partial charge is 0.348 e. The van der Waals surface area contributed by atoms with Crippen molar-refractivity contribution >= 4 is 30.5 Å². The van der Waals surface area contributed by atoms with Gasteiger partial charge in [0.2, 0.25) is 0 Å². The first kappa shape index (κ1) is 17.2. The Kier molecular flexibility index (Phi) is 6.90. The second kappa shape index (κ2) is 7.61. The van der Waals surface area contributed by atoms with Gasteiger partial charge < -0.3 is 26.0 Å². The molecule has 0 rings (SSSR count). The van der Waals surface area contributed by atoms with Crippen LogP contribution in [0.2, 0.25) is 0 Å². The Morgan fingerprint density at radius 1 is 1.26 bits per heavy atom. The van der Waals surface area contributed by atoms with Crippen LogP contribution in [0.3, 0.4) is 0 Å². The number of hydrogen-bond acceptors (Lipinski definition) is 8. The number of hydrogen-bond donors (Lipinski definition) is 6. The minimum Gasteiger partial charge on any atom is -0.480 e. The highest BCUT2D eigenvalue weighted by molar-refractivity contribution is 7.80. The van der Waals surface area contributed by atoms with Crippen molar-refractivity contribution in [2.45, 2.75) is 5.66 Å². The molecular formula is C9H15N3O6S. The summed E-state index contributed by atoms with van der Waals surface area (Å²) in [6.45, 7) is 2.21. The van der Waals surface area contributed by atoms with Crippen LogP contribution in [0.1, 0.15) is 0 Å². The lowest BCUT2D eigenvalue weighted by molar-refractivity contribution is -0.148. The first-order valence-corrected chi connectivity index (χ1v) is 5.58. The van der Waals surface area contributed by atoms with Crippen molar-refractivity contribution in [2.75, 3.05) is 18.8 Å². The predicted molar refractivity (Wildman–Crippen MR) is 67.3 cm³/mol. The highest BCUT2D eigenvalue weighted by Gasteiger charge is 2.35. The normalized spacial score (nSPS) is 13.2. The van der Waals surface area contributed by atoms with Crippen LogP contribution in [0, 0.1) is 0 Å². The lowest BCUT2D eigenvalue weighted by atomic mass is 10.2. The van der Waals surface area contributed by atoms with Crippen LogP contribution in [0.5, 0.6) is 0 Å². The molecule has 0 bridgehead atoms. The molecule has 6 N–H and O–H groups in total. The number of nitrogens with one attached hydrogen (secondary N) is 2. The standard InChI is InChI=1S/C9H15N3O6S/c1-5(11-2-6(13)14)18-8(17)9(10,4-19)12-3-7(15)16/h11-12,19H,1-4,10H2,(H,13,14)(H,15,16). The number of carboxylic acid groups (broad SMARTS) is 2. The van der Waals surface area contributed by atoms with Crippen molar-refractivity contribution in [3.8, 4) is 0 Å². The van der Waals surface area contributed by atoms with Gasteiger partial charge in [0.15, 0.2) is 11.5 Å². The van der Waals surface area contributed by atoms with Gasteiger partial charge in [-0.2, -0.15) is 12.6 Å². The molecule has 0 aromatic carbocycles. The number of nitrogens with two attached hydrogens (primary N) is 1. The molecule has 108 valence electrons. The third-order valence-corrected chi connectivity index (χ3v) is 2.32. The summed E-state index contributed by atoms with van der Waals surface area (Å²) in [6, 6.07) is 0. The van der Waals surface area contributed by atoms with Gasteiger partial charge in [0.1, 0.15) is 6.54 Å². The van der Waals surface area contributed by atoms with E-state index in [4.69, 9.17) is 15.9 Å². The molecule has 0 aliphatic carbocycles. The molecule has 0 aromatic heterocycles. The van der Waals surface area contributed by atoms with E-state index in [2.05, 4.69) is 34.6 Å². The zero-order chi connectivity index (χ0) is 15.1. The predicted octanol–water partition coefficient (Wildman–Crippen LogP) is -2.07. The SMILES string of the molecule is C=C(NCC(=O)O)OC(=O)C(N)(CS)NCC(=O)O. The fourth-order valence-corrected chi connectivity index (χ4v) is 1.08. The molecule has 9 nitrogen and oxygen atoms in total. The number of ether oxygens (including phenoxy) is 1. The monoisotopic (exact) mass is 293 g/mol. The lowest BCUT2D eigenvalue weighted by Crippen LogP contribution is -2.63. The summed E-state index contributed by atoms with van der Waals surface area (Å²) in [5.41, 5.74) is 3.76. The van der Waals surface area contributed by atoms with Crippen molar-refractivity contribution in [1.29, 1.82) is 0 Å². The average Bonchev–Trinajstić information content (AvgIpc) is 2.33. The summed E-state index contributed by atoms with van der Waals surface area (Å²) < 4.78 is 4.65. The van der Waals surface area contributed by atoms with E-state index in [-0.39, 0.29) is 11.6 Å². The first-order chi connectivity index (χ1) is 8.71. The number of carbonyl (C=O) groups excluding carboxylic acids is 1. The molecule has 1 unspecified atom stereocenters. The summed E-state index contributed by atoms with van der Waals surface area (Å²) >= 11 is 3.82. The molecule has 0 amide bonds. The van der Waals surface area contributed by atoms with Crippen LogP contribution in [-0.4, -0.2) is 52.6 Å². The number of thiol groups is 1. The second-order valence-corrected chi connectivity index (χ2v) is 3.75. The quantitative estimate of drug-likeness (QED) is 0.122. The molecule has 19 heavy (non-hydrogen) atoms. The number of esters is 1.